The van der Waals surface area contributed by atoms with Crippen molar-refractivity contribution in [1.82, 2.24) is 20.0 Å². The van der Waals surface area contributed by atoms with Gasteiger partial charge in [-0.3, -0.25) is 14.4 Å². The monoisotopic (exact) mass is 332 g/mol. The Morgan fingerprint density at radius 2 is 2.08 bits per heavy atom. The van der Waals surface area contributed by atoms with E-state index in [1.165, 1.54) is 12.1 Å². The van der Waals surface area contributed by atoms with Crippen LogP contribution in [0.5, 0.6) is 0 Å². The molecule has 0 saturated carbocycles. The van der Waals surface area contributed by atoms with Gasteiger partial charge in [-0.05, 0) is 58.1 Å². The maximum atomic E-state index is 13.4. The van der Waals surface area contributed by atoms with Crippen molar-refractivity contribution in [2.24, 2.45) is 0 Å². The summed E-state index contributed by atoms with van der Waals surface area (Å²) in [6.45, 7) is 5.29. The van der Waals surface area contributed by atoms with Crippen molar-refractivity contribution in [3.05, 3.63) is 53.1 Å². The van der Waals surface area contributed by atoms with E-state index in [-0.39, 0.29) is 11.7 Å². The number of hydrogen-bond acceptors (Lipinski definition) is 3. The van der Waals surface area contributed by atoms with Crippen molar-refractivity contribution in [2.45, 2.75) is 32.9 Å². The highest BCUT2D eigenvalue weighted by molar-refractivity contribution is 5.83. The summed E-state index contributed by atoms with van der Waals surface area (Å²) in [6, 6.07) is 7.70. The second-order valence-corrected chi connectivity index (χ2v) is 6.22. The standard InChI is InChI=1S/C18H25FN4O/c1-13-11-14(2)23(21-13)10-6-9-20-18(24)17(22(3)4)15-7-5-8-16(19)12-15/h5,7-8,11-12,17H,6,9-10H2,1-4H3,(H,20,24)/t17-/m0/s1. The first kappa shape index (κ1) is 18.1. The molecule has 5 nitrogen and oxygen atoms in total. The molecule has 0 spiro atoms. The molecule has 130 valence electrons. The highest BCUT2D eigenvalue weighted by atomic mass is 19.1. The number of aryl methyl sites for hydroxylation is 3. The van der Waals surface area contributed by atoms with Crippen molar-refractivity contribution < 1.29 is 9.18 Å². The van der Waals surface area contributed by atoms with Crippen LogP contribution in [0.3, 0.4) is 0 Å². The molecule has 1 aromatic carbocycles. The first-order valence-corrected chi connectivity index (χ1v) is 8.09. The van der Waals surface area contributed by atoms with Gasteiger partial charge in [0.15, 0.2) is 0 Å². The fourth-order valence-electron chi connectivity index (χ4n) is 2.80. The Morgan fingerprint density at radius 3 is 2.67 bits per heavy atom. The number of carbonyl (C=O) groups is 1. The molecule has 0 radical (unpaired) electrons. The number of nitrogens with one attached hydrogen (secondary N) is 1. The SMILES string of the molecule is Cc1cc(C)n(CCCNC(=O)[C@H](c2cccc(F)c2)N(C)C)n1. The van der Waals surface area contributed by atoms with Crippen molar-refractivity contribution in [2.75, 3.05) is 20.6 Å². The molecule has 2 aromatic rings. The number of hydrogen-bond donors (Lipinski definition) is 1. The lowest BCUT2D eigenvalue weighted by Crippen LogP contribution is -2.37. The molecule has 0 unspecified atom stereocenters. The number of benzene rings is 1. The number of halogens is 1. The van der Waals surface area contributed by atoms with Gasteiger partial charge in [-0.15, -0.1) is 0 Å². The van der Waals surface area contributed by atoms with E-state index in [0.717, 1.165) is 24.4 Å². The molecular formula is C18H25FN4O. The number of rotatable bonds is 7. The molecule has 0 aliphatic heterocycles. The molecule has 2 rings (SSSR count). The summed E-state index contributed by atoms with van der Waals surface area (Å²) in [7, 11) is 3.62. The largest absolute Gasteiger partial charge is 0.354 e. The molecule has 1 N–H and O–H groups in total. The molecule has 24 heavy (non-hydrogen) atoms. The van der Waals surface area contributed by atoms with E-state index in [4.69, 9.17) is 0 Å². The van der Waals surface area contributed by atoms with E-state index in [2.05, 4.69) is 10.4 Å². The second kappa shape index (κ2) is 8.06. The molecule has 1 amide bonds. The highest BCUT2D eigenvalue weighted by Gasteiger charge is 2.22. The molecule has 0 aliphatic rings. The van der Waals surface area contributed by atoms with Gasteiger partial charge in [-0.2, -0.15) is 5.10 Å². The zero-order valence-corrected chi connectivity index (χ0v) is 14.7. The quantitative estimate of drug-likeness (QED) is 0.793. The van der Waals surface area contributed by atoms with Crippen LogP contribution < -0.4 is 5.32 Å². The van der Waals surface area contributed by atoms with Crippen LogP contribution in [0.2, 0.25) is 0 Å². The lowest BCUT2D eigenvalue weighted by atomic mass is 10.1. The first-order valence-electron chi connectivity index (χ1n) is 8.09. The average Bonchev–Trinajstić information content (AvgIpc) is 2.81. The third-order valence-corrected chi connectivity index (χ3v) is 3.88. The lowest BCUT2D eigenvalue weighted by Gasteiger charge is -2.24. The van der Waals surface area contributed by atoms with Crippen LogP contribution in [-0.4, -0.2) is 41.2 Å². The molecule has 0 aliphatic carbocycles. The van der Waals surface area contributed by atoms with Crippen LogP contribution in [-0.2, 0) is 11.3 Å². The van der Waals surface area contributed by atoms with Gasteiger partial charge in [0.25, 0.3) is 0 Å². The van der Waals surface area contributed by atoms with Gasteiger partial charge < -0.3 is 5.32 Å². The van der Waals surface area contributed by atoms with Crippen LogP contribution in [0.4, 0.5) is 4.39 Å². The molecule has 1 heterocycles. The van der Waals surface area contributed by atoms with E-state index in [1.54, 1.807) is 17.0 Å². The first-order chi connectivity index (χ1) is 11.4. The summed E-state index contributed by atoms with van der Waals surface area (Å²) < 4.78 is 15.4. The summed E-state index contributed by atoms with van der Waals surface area (Å²) in [5.74, 6) is -0.462. The van der Waals surface area contributed by atoms with Gasteiger partial charge in [-0.25, -0.2) is 4.39 Å². The van der Waals surface area contributed by atoms with Crippen molar-refractivity contribution in [3.63, 3.8) is 0 Å². The summed E-state index contributed by atoms with van der Waals surface area (Å²) >= 11 is 0. The highest BCUT2D eigenvalue weighted by Crippen LogP contribution is 2.19. The number of aromatic nitrogens is 2. The maximum Gasteiger partial charge on any atom is 0.241 e. The number of carbonyl (C=O) groups excluding carboxylic acids is 1. The molecule has 0 fully saturated rings. The third-order valence-electron chi connectivity index (χ3n) is 3.88. The van der Waals surface area contributed by atoms with E-state index >= 15 is 0 Å². The molecule has 1 atom stereocenters. The van der Waals surface area contributed by atoms with Gasteiger partial charge >= 0.3 is 0 Å². The Balaban J connectivity index is 1.90. The third kappa shape index (κ3) is 4.64. The summed E-state index contributed by atoms with van der Waals surface area (Å²) in [5.41, 5.74) is 2.76. The van der Waals surface area contributed by atoms with E-state index in [1.807, 2.05) is 38.7 Å². The van der Waals surface area contributed by atoms with Crippen molar-refractivity contribution in [3.8, 4) is 0 Å². The Morgan fingerprint density at radius 1 is 1.33 bits per heavy atom. The maximum absolute atomic E-state index is 13.4. The Labute approximate surface area is 142 Å². The molecule has 1 aromatic heterocycles. The van der Waals surface area contributed by atoms with Gasteiger partial charge in [0, 0.05) is 18.8 Å². The molecule has 0 saturated heterocycles. The van der Waals surface area contributed by atoms with Crippen molar-refractivity contribution in [1.29, 1.82) is 0 Å². The molecule has 6 heteroatoms. The fourth-order valence-corrected chi connectivity index (χ4v) is 2.80. The smallest absolute Gasteiger partial charge is 0.241 e. The van der Waals surface area contributed by atoms with Gasteiger partial charge in [-0.1, -0.05) is 12.1 Å². The normalized spacial score (nSPS) is 12.4. The zero-order valence-electron chi connectivity index (χ0n) is 14.7. The van der Waals surface area contributed by atoms with E-state index < -0.39 is 6.04 Å². The van der Waals surface area contributed by atoms with Crippen LogP contribution in [0.15, 0.2) is 30.3 Å². The summed E-state index contributed by atoms with van der Waals surface area (Å²) in [5, 5.41) is 7.34. The predicted molar refractivity (Wildman–Crippen MR) is 92.2 cm³/mol. The number of likely N-dealkylation sites (N-methyl/N-ethyl adjacent to an activating group) is 1. The topological polar surface area (TPSA) is 50.2 Å². The number of amides is 1. The van der Waals surface area contributed by atoms with Crippen molar-refractivity contribution >= 4 is 5.91 Å². The number of nitrogens with zero attached hydrogens (tertiary/aromatic N) is 3. The Kier molecular flexibility index (Phi) is 6.09. The van der Waals surface area contributed by atoms with Gasteiger partial charge in [0.2, 0.25) is 5.91 Å². The van der Waals surface area contributed by atoms with Gasteiger partial charge in [0.1, 0.15) is 11.9 Å². The van der Waals surface area contributed by atoms with E-state index in [9.17, 15) is 9.18 Å². The minimum absolute atomic E-state index is 0.126. The predicted octanol–water partition coefficient (Wildman–Crippen LogP) is 2.45. The van der Waals surface area contributed by atoms with Crippen LogP contribution in [0.25, 0.3) is 0 Å². The molecule has 0 bridgehead atoms. The summed E-state index contributed by atoms with van der Waals surface area (Å²) in [6.07, 6.45) is 0.789. The zero-order chi connectivity index (χ0) is 17.7. The minimum atomic E-state index is -0.505. The Hall–Kier alpha value is -2.21. The lowest BCUT2D eigenvalue weighted by molar-refractivity contribution is -0.125. The van der Waals surface area contributed by atoms with Crippen LogP contribution >= 0.6 is 0 Å². The van der Waals surface area contributed by atoms with Crippen LogP contribution in [0.1, 0.15) is 29.4 Å². The minimum Gasteiger partial charge on any atom is -0.354 e. The fraction of sp³-hybridized carbons (Fsp3) is 0.444. The van der Waals surface area contributed by atoms with Gasteiger partial charge in [0.05, 0.1) is 5.69 Å². The summed E-state index contributed by atoms with van der Waals surface area (Å²) in [4.78, 5) is 14.3. The molecular weight excluding hydrogens is 307 g/mol. The average molecular weight is 332 g/mol. The Bertz CT molecular complexity index is 696. The van der Waals surface area contributed by atoms with Crippen LogP contribution in [0, 0.1) is 19.7 Å². The van der Waals surface area contributed by atoms with E-state index in [0.29, 0.717) is 12.1 Å². The second-order valence-electron chi connectivity index (χ2n) is 6.22.